The molecule has 0 aliphatic carbocycles. The molecule has 1 heterocycles. The first-order valence-electron chi connectivity index (χ1n) is 5.21. The summed E-state index contributed by atoms with van der Waals surface area (Å²) in [6.45, 7) is 0.504. The number of cyclic esters (lactones) is 1. The minimum Gasteiger partial charge on any atom is -0.465 e. The van der Waals surface area contributed by atoms with Gasteiger partial charge in [-0.05, 0) is 18.6 Å². The van der Waals surface area contributed by atoms with E-state index in [1.165, 1.54) is 23.9 Å². The Morgan fingerprint density at radius 3 is 2.65 bits per heavy atom. The third-order valence-electron chi connectivity index (χ3n) is 2.54. The van der Waals surface area contributed by atoms with Gasteiger partial charge in [0, 0.05) is 22.8 Å². The normalized spacial score (nSPS) is 19.1. The van der Waals surface area contributed by atoms with Crippen LogP contribution in [-0.2, 0) is 9.53 Å². The second-order valence-corrected chi connectivity index (χ2v) is 4.81. The SMILES string of the molecule is O=C1OCCC1CSc1ccc([N+](=O)[O-])cc1. The van der Waals surface area contributed by atoms with Crippen LogP contribution in [-0.4, -0.2) is 23.3 Å². The molecule has 1 aromatic rings. The molecule has 1 fully saturated rings. The number of nitro benzene ring substituents is 1. The first-order valence-corrected chi connectivity index (χ1v) is 6.19. The third-order valence-corrected chi connectivity index (χ3v) is 3.72. The fraction of sp³-hybridized carbons (Fsp3) is 0.364. The molecule has 1 aromatic carbocycles. The van der Waals surface area contributed by atoms with E-state index in [9.17, 15) is 14.9 Å². The van der Waals surface area contributed by atoms with Crippen LogP contribution in [0, 0.1) is 16.0 Å². The van der Waals surface area contributed by atoms with Gasteiger partial charge in [0.05, 0.1) is 17.4 Å². The van der Waals surface area contributed by atoms with Crippen LogP contribution >= 0.6 is 11.8 Å². The number of nitro groups is 1. The molecule has 0 radical (unpaired) electrons. The van der Waals surface area contributed by atoms with E-state index >= 15 is 0 Å². The summed E-state index contributed by atoms with van der Waals surface area (Å²) in [5.41, 5.74) is 0.0784. The molecular weight excluding hydrogens is 242 g/mol. The first-order chi connectivity index (χ1) is 8.16. The predicted molar refractivity (Wildman–Crippen MR) is 62.9 cm³/mol. The minimum absolute atomic E-state index is 0.0461. The lowest BCUT2D eigenvalue weighted by molar-refractivity contribution is -0.384. The van der Waals surface area contributed by atoms with E-state index in [-0.39, 0.29) is 17.6 Å². The smallest absolute Gasteiger partial charge is 0.309 e. The number of nitrogens with zero attached hydrogens (tertiary/aromatic N) is 1. The molecule has 17 heavy (non-hydrogen) atoms. The van der Waals surface area contributed by atoms with Gasteiger partial charge in [-0.15, -0.1) is 11.8 Å². The van der Waals surface area contributed by atoms with Gasteiger partial charge in [-0.2, -0.15) is 0 Å². The Hall–Kier alpha value is -1.56. The van der Waals surface area contributed by atoms with Crippen LogP contribution in [0.25, 0.3) is 0 Å². The summed E-state index contributed by atoms with van der Waals surface area (Å²) >= 11 is 1.52. The molecule has 0 bridgehead atoms. The van der Waals surface area contributed by atoms with Crippen molar-refractivity contribution in [2.45, 2.75) is 11.3 Å². The maximum absolute atomic E-state index is 11.2. The van der Waals surface area contributed by atoms with E-state index in [0.717, 1.165) is 11.3 Å². The molecule has 1 saturated heterocycles. The van der Waals surface area contributed by atoms with Crippen LogP contribution < -0.4 is 0 Å². The first kappa shape index (κ1) is 11.9. The molecule has 1 unspecified atom stereocenters. The number of thioether (sulfide) groups is 1. The highest BCUT2D eigenvalue weighted by atomic mass is 32.2. The van der Waals surface area contributed by atoms with E-state index in [2.05, 4.69) is 0 Å². The monoisotopic (exact) mass is 253 g/mol. The highest BCUT2D eigenvalue weighted by Crippen LogP contribution is 2.26. The second-order valence-electron chi connectivity index (χ2n) is 3.72. The summed E-state index contributed by atoms with van der Waals surface area (Å²) in [6.07, 6.45) is 0.763. The Bertz CT molecular complexity index is 432. The number of non-ortho nitro benzene ring substituents is 1. The molecule has 5 nitrogen and oxygen atoms in total. The number of hydrogen-bond acceptors (Lipinski definition) is 5. The zero-order valence-electron chi connectivity index (χ0n) is 9.00. The van der Waals surface area contributed by atoms with Crippen molar-refractivity contribution >= 4 is 23.4 Å². The van der Waals surface area contributed by atoms with Crippen molar-refractivity contribution in [1.82, 2.24) is 0 Å². The van der Waals surface area contributed by atoms with Crippen LogP contribution in [0.5, 0.6) is 0 Å². The van der Waals surface area contributed by atoms with E-state index in [1.807, 2.05) is 0 Å². The van der Waals surface area contributed by atoms with Crippen LogP contribution in [0.15, 0.2) is 29.2 Å². The average Bonchev–Trinajstić information content (AvgIpc) is 2.73. The molecule has 1 aliphatic rings. The lowest BCUT2D eigenvalue weighted by Crippen LogP contribution is -2.09. The van der Waals surface area contributed by atoms with Gasteiger partial charge in [0.15, 0.2) is 0 Å². The Morgan fingerprint density at radius 2 is 2.12 bits per heavy atom. The summed E-state index contributed by atoms with van der Waals surface area (Å²) in [6, 6.07) is 6.33. The number of ether oxygens (including phenoxy) is 1. The summed E-state index contributed by atoms with van der Waals surface area (Å²) in [7, 11) is 0. The Morgan fingerprint density at radius 1 is 1.41 bits per heavy atom. The van der Waals surface area contributed by atoms with E-state index in [1.54, 1.807) is 12.1 Å². The molecule has 6 heteroatoms. The molecule has 0 saturated carbocycles. The lowest BCUT2D eigenvalue weighted by atomic mass is 10.1. The number of carbonyl (C=O) groups is 1. The van der Waals surface area contributed by atoms with Crippen LogP contribution in [0.2, 0.25) is 0 Å². The maximum Gasteiger partial charge on any atom is 0.309 e. The molecular formula is C11H11NO4S. The zero-order chi connectivity index (χ0) is 12.3. The molecule has 0 spiro atoms. The zero-order valence-corrected chi connectivity index (χ0v) is 9.81. The van der Waals surface area contributed by atoms with Gasteiger partial charge in [-0.3, -0.25) is 14.9 Å². The Kier molecular flexibility index (Phi) is 3.63. The fourth-order valence-corrected chi connectivity index (χ4v) is 2.57. The predicted octanol–water partition coefficient (Wildman–Crippen LogP) is 2.25. The highest BCUT2D eigenvalue weighted by Gasteiger charge is 2.26. The Balaban J connectivity index is 1.91. The van der Waals surface area contributed by atoms with E-state index < -0.39 is 4.92 Å². The third kappa shape index (κ3) is 2.97. The quantitative estimate of drug-likeness (QED) is 0.356. The van der Waals surface area contributed by atoms with Gasteiger partial charge in [0.2, 0.25) is 0 Å². The van der Waals surface area contributed by atoms with Crippen molar-refractivity contribution in [1.29, 1.82) is 0 Å². The molecule has 0 N–H and O–H groups in total. The van der Waals surface area contributed by atoms with Gasteiger partial charge in [0.1, 0.15) is 0 Å². The standard InChI is InChI=1S/C11H11NO4S/c13-11-8(5-6-16-11)7-17-10-3-1-9(2-4-10)12(14)15/h1-4,8H,5-7H2. The number of esters is 1. The molecule has 90 valence electrons. The van der Waals surface area contributed by atoms with Gasteiger partial charge in [-0.1, -0.05) is 0 Å². The van der Waals surface area contributed by atoms with Crippen LogP contribution in [0.3, 0.4) is 0 Å². The lowest BCUT2D eigenvalue weighted by Gasteiger charge is -2.04. The topological polar surface area (TPSA) is 69.4 Å². The molecule has 0 aromatic heterocycles. The van der Waals surface area contributed by atoms with Crippen molar-refractivity contribution in [2.24, 2.45) is 5.92 Å². The molecule has 2 rings (SSSR count). The van der Waals surface area contributed by atoms with Gasteiger partial charge >= 0.3 is 5.97 Å². The van der Waals surface area contributed by atoms with Crippen molar-refractivity contribution < 1.29 is 14.5 Å². The molecule has 0 amide bonds. The fourth-order valence-electron chi connectivity index (χ4n) is 1.55. The van der Waals surface area contributed by atoms with Crippen LogP contribution in [0.4, 0.5) is 5.69 Å². The average molecular weight is 253 g/mol. The van der Waals surface area contributed by atoms with Crippen LogP contribution in [0.1, 0.15) is 6.42 Å². The van der Waals surface area contributed by atoms with Crippen molar-refractivity contribution in [3.63, 3.8) is 0 Å². The number of carbonyl (C=O) groups excluding carboxylic acids is 1. The molecule has 1 atom stereocenters. The Labute approximate surface area is 102 Å². The molecule has 1 aliphatic heterocycles. The number of rotatable bonds is 4. The van der Waals surface area contributed by atoms with E-state index in [4.69, 9.17) is 4.74 Å². The number of benzene rings is 1. The second kappa shape index (κ2) is 5.18. The van der Waals surface area contributed by atoms with Gasteiger partial charge in [-0.25, -0.2) is 0 Å². The summed E-state index contributed by atoms with van der Waals surface area (Å²) in [5.74, 6) is 0.478. The highest BCUT2D eigenvalue weighted by molar-refractivity contribution is 7.99. The largest absolute Gasteiger partial charge is 0.465 e. The maximum atomic E-state index is 11.2. The van der Waals surface area contributed by atoms with Gasteiger partial charge < -0.3 is 4.74 Å². The van der Waals surface area contributed by atoms with E-state index in [0.29, 0.717) is 12.4 Å². The van der Waals surface area contributed by atoms with Crippen molar-refractivity contribution in [3.8, 4) is 0 Å². The number of hydrogen-bond donors (Lipinski definition) is 0. The minimum atomic E-state index is -0.428. The van der Waals surface area contributed by atoms with Gasteiger partial charge in [0.25, 0.3) is 5.69 Å². The van der Waals surface area contributed by atoms with Crippen molar-refractivity contribution in [3.05, 3.63) is 34.4 Å². The van der Waals surface area contributed by atoms with Crippen molar-refractivity contribution in [2.75, 3.05) is 12.4 Å². The summed E-state index contributed by atoms with van der Waals surface area (Å²) in [5, 5.41) is 10.5. The summed E-state index contributed by atoms with van der Waals surface area (Å²) < 4.78 is 4.86. The summed E-state index contributed by atoms with van der Waals surface area (Å²) in [4.78, 5) is 22.2.